The van der Waals surface area contributed by atoms with E-state index in [2.05, 4.69) is 21.1 Å². The van der Waals surface area contributed by atoms with Gasteiger partial charge in [0.2, 0.25) is 5.91 Å². The first-order chi connectivity index (χ1) is 10.1. The van der Waals surface area contributed by atoms with Gasteiger partial charge in [-0.2, -0.15) is 0 Å². The van der Waals surface area contributed by atoms with Crippen molar-refractivity contribution in [1.29, 1.82) is 0 Å². The van der Waals surface area contributed by atoms with Crippen LogP contribution in [0.4, 0.5) is 5.69 Å². The highest BCUT2D eigenvalue weighted by Crippen LogP contribution is 2.19. The standard InChI is InChI=1S/C14H20N4O3/c1-11(19)16-17-14(20)10-21-13-4-2-12(3-5-13)18-8-6-15-7-9-18/h2-5,15H,6-10H2,1H3,(H,16,19)(H,17,20). The molecule has 1 aromatic carbocycles. The molecule has 1 saturated heterocycles. The number of piperazine rings is 1. The maximum atomic E-state index is 11.4. The lowest BCUT2D eigenvalue weighted by Crippen LogP contribution is -2.43. The highest BCUT2D eigenvalue weighted by Gasteiger charge is 2.10. The highest BCUT2D eigenvalue weighted by atomic mass is 16.5. The summed E-state index contributed by atoms with van der Waals surface area (Å²) in [4.78, 5) is 24.3. The normalized spacial score (nSPS) is 14.4. The van der Waals surface area contributed by atoms with Crippen molar-refractivity contribution < 1.29 is 14.3 Å². The van der Waals surface area contributed by atoms with Gasteiger partial charge in [-0.3, -0.25) is 20.4 Å². The van der Waals surface area contributed by atoms with Crippen LogP contribution in [0.15, 0.2) is 24.3 Å². The van der Waals surface area contributed by atoms with Crippen LogP contribution in [0.25, 0.3) is 0 Å². The van der Waals surface area contributed by atoms with Crippen LogP contribution in [-0.2, 0) is 9.59 Å². The first-order valence-electron chi connectivity index (χ1n) is 6.89. The van der Waals surface area contributed by atoms with Crippen molar-refractivity contribution in [3.8, 4) is 5.75 Å². The van der Waals surface area contributed by atoms with Crippen LogP contribution in [0.5, 0.6) is 5.75 Å². The number of nitrogens with one attached hydrogen (secondary N) is 3. The van der Waals surface area contributed by atoms with Gasteiger partial charge >= 0.3 is 0 Å². The number of ether oxygens (including phenoxy) is 1. The molecule has 0 radical (unpaired) electrons. The fraction of sp³-hybridized carbons (Fsp3) is 0.429. The van der Waals surface area contributed by atoms with Gasteiger partial charge in [-0.05, 0) is 24.3 Å². The molecule has 3 N–H and O–H groups in total. The van der Waals surface area contributed by atoms with Crippen LogP contribution < -0.4 is 25.8 Å². The summed E-state index contributed by atoms with van der Waals surface area (Å²) in [6.45, 7) is 5.12. The molecule has 2 amide bonds. The van der Waals surface area contributed by atoms with E-state index >= 15 is 0 Å². The second kappa shape index (κ2) is 7.49. The Morgan fingerprint density at radius 3 is 2.48 bits per heavy atom. The Morgan fingerprint density at radius 1 is 1.19 bits per heavy atom. The zero-order valence-corrected chi connectivity index (χ0v) is 12.0. The second-order valence-electron chi connectivity index (χ2n) is 4.75. The number of carbonyl (C=O) groups is 2. The van der Waals surface area contributed by atoms with Crippen molar-refractivity contribution in [3.63, 3.8) is 0 Å². The number of benzene rings is 1. The second-order valence-corrected chi connectivity index (χ2v) is 4.75. The quantitative estimate of drug-likeness (QED) is 0.660. The minimum Gasteiger partial charge on any atom is -0.484 e. The molecule has 7 nitrogen and oxygen atoms in total. The van der Waals surface area contributed by atoms with Crippen molar-refractivity contribution in [3.05, 3.63) is 24.3 Å². The van der Waals surface area contributed by atoms with Gasteiger partial charge in [0.25, 0.3) is 5.91 Å². The van der Waals surface area contributed by atoms with Gasteiger partial charge in [0.05, 0.1) is 0 Å². The molecule has 1 aliphatic heterocycles. The summed E-state index contributed by atoms with van der Waals surface area (Å²) in [5.74, 6) is -0.119. The molecule has 114 valence electrons. The van der Waals surface area contributed by atoms with Crippen LogP contribution in [-0.4, -0.2) is 44.6 Å². The smallest absolute Gasteiger partial charge is 0.276 e. The average molecular weight is 292 g/mol. The third-order valence-electron chi connectivity index (χ3n) is 3.07. The number of amides is 2. The summed E-state index contributed by atoms with van der Waals surface area (Å²) in [5.41, 5.74) is 5.58. The number of rotatable bonds is 4. The van der Waals surface area contributed by atoms with E-state index in [-0.39, 0.29) is 12.5 Å². The monoisotopic (exact) mass is 292 g/mol. The first-order valence-corrected chi connectivity index (χ1v) is 6.89. The maximum Gasteiger partial charge on any atom is 0.276 e. The van der Waals surface area contributed by atoms with Crippen molar-refractivity contribution in [2.24, 2.45) is 0 Å². The van der Waals surface area contributed by atoms with Crippen LogP contribution >= 0.6 is 0 Å². The zero-order chi connectivity index (χ0) is 15.1. The lowest BCUT2D eigenvalue weighted by molar-refractivity contribution is -0.129. The lowest BCUT2D eigenvalue weighted by atomic mass is 10.2. The summed E-state index contributed by atoms with van der Waals surface area (Å²) in [5, 5.41) is 3.31. The Hall–Kier alpha value is -2.28. The van der Waals surface area contributed by atoms with E-state index in [1.54, 1.807) is 0 Å². The number of anilines is 1. The highest BCUT2D eigenvalue weighted by molar-refractivity contribution is 5.81. The molecule has 1 aromatic rings. The topological polar surface area (TPSA) is 82.7 Å². The first kappa shape index (κ1) is 15.1. The summed E-state index contributed by atoms with van der Waals surface area (Å²) in [7, 11) is 0. The predicted octanol–water partition coefficient (Wildman–Crippen LogP) is -0.358. The number of carbonyl (C=O) groups excluding carboxylic acids is 2. The fourth-order valence-corrected chi connectivity index (χ4v) is 2.02. The van der Waals surface area contributed by atoms with E-state index in [1.165, 1.54) is 6.92 Å². The molecular weight excluding hydrogens is 272 g/mol. The molecule has 0 spiro atoms. The van der Waals surface area contributed by atoms with Crippen molar-refractivity contribution in [1.82, 2.24) is 16.2 Å². The molecule has 0 atom stereocenters. The number of hydrogen-bond acceptors (Lipinski definition) is 5. The zero-order valence-electron chi connectivity index (χ0n) is 12.0. The maximum absolute atomic E-state index is 11.4. The SMILES string of the molecule is CC(=O)NNC(=O)COc1ccc(N2CCNCC2)cc1. The van der Waals surface area contributed by atoms with E-state index < -0.39 is 5.91 Å². The van der Waals surface area contributed by atoms with Gasteiger partial charge in [0.15, 0.2) is 6.61 Å². The molecule has 0 bridgehead atoms. The Morgan fingerprint density at radius 2 is 1.86 bits per heavy atom. The van der Waals surface area contributed by atoms with Crippen molar-refractivity contribution in [2.75, 3.05) is 37.7 Å². The van der Waals surface area contributed by atoms with E-state index in [4.69, 9.17) is 4.74 Å². The van der Waals surface area contributed by atoms with E-state index in [9.17, 15) is 9.59 Å². The molecule has 1 fully saturated rings. The van der Waals surface area contributed by atoms with Gasteiger partial charge in [0, 0.05) is 38.8 Å². The Balaban J connectivity index is 1.79. The van der Waals surface area contributed by atoms with Gasteiger partial charge in [-0.25, -0.2) is 0 Å². The van der Waals surface area contributed by atoms with Gasteiger partial charge in [-0.15, -0.1) is 0 Å². The molecule has 0 saturated carbocycles. The largest absolute Gasteiger partial charge is 0.484 e. The van der Waals surface area contributed by atoms with Crippen LogP contribution in [0.3, 0.4) is 0 Å². The predicted molar refractivity (Wildman–Crippen MR) is 79.0 cm³/mol. The van der Waals surface area contributed by atoms with Crippen LogP contribution in [0.1, 0.15) is 6.92 Å². The molecule has 0 aromatic heterocycles. The van der Waals surface area contributed by atoms with Crippen molar-refractivity contribution >= 4 is 17.5 Å². The summed E-state index contributed by atoms with van der Waals surface area (Å²) < 4.78 is 5.35. The minimum absolute atomic E-state index is 0.146. The molecule has 1 aliphatic rings. The third kappa shape index (κ3) is 4.96. The third-order valence-corrected chi connectivity index (χ3v) is 3.07. The molecule has 0 aliphatic carbocycles. The summed E-state index contributed by atoms with van der Waals surface area (Å²) in [6, 6.07) is 7.63. The van der Waals surface area contributed by atoms with Gasteiger partial charge in [-0.1, -0.05) is 0 Å². The molecule has 0 unspecified atom stereocenters. The number of hydrazine groups is 1. The fourth-order valence-electron chi connectivity index (χ4n) is 2.02. The lowest BCUT2D eigenvalue weighted by Gasteiger charge is -2.29. The Labute approximate surface area is 123 Å². The molecular formula is C14H20N4O3. The summed E-state index contributed by atoms with van der Waals surface area (Å²) in [6.07, 6.45) is 0. The Bertz CT molecular complexity index is 483. The molecule has 1 heterocycles. The van der Waals surface area contributed by atoms with E-state index in [0.717, 1.165) is 31.9 Å². The van der Waals surface area contributed by atoms with Crippen molar-refractivity contribution in [2.45, 2.75) is 6.92 Å². The average Bonchev–Trinajstić information content (AvgIpc) is 2.52. The number of nitrogens with zero attached hydrogens (tertiary/aromatic N) is 1. The van der Waals surface area contributed by atoms with E-state index in [1.807, 2.05) is 24.3 Å². The summed E-state index contributed by atoms with van der Waals surface area (Å²) >= 11 is 0. The minimum atomic E-state index is -0.406. The molecule has 2 rings (SSSR count). The molecule has 21 heavy (non-hydrogen) atoms. The van der Waals surface area contributed by atoms with Crippen LogP contribution in [0.2, 0.25) is 0 Å². The molecule has 7 heteroatoms. The van der Waals surface area contributed by atoms with E-state index in [0.29, 0.717) is 5.75 Å². The van der Waals surface area contributed by atoms with Gasteiger partial charge in [0.1, 0.15) is 5.75 Å². The Kier molecular flexibility index (Phi) is 5.39. The number of hydrogen-bond donors (Lipinski definition) is 3. The van der Waals surface area contributed by atoms with Crippen LogP contribution in [0, 0.1) is 0 Å². The van der Waals surface area contributed by atoms with Gasteiger partial charge < -0.3 is 15.0 Å².